The summed E-state index contributed by atoms with van der Waals surface area (Å²) >= 11 is 10.2. The van der Waals surface area contributed by atoms with E-state index in [4.69, 9.17) is 16.3 Å². The van der Waals surface area contributed by atoms with Crippen molar-refractivity contribution in [2.75, 3.05) is 16.8 Å². The minimum atomic E-state index is -1.02. The van der Waals surface area contributed by atoms with Crippen molar-refractivity contribution >= 4 is 58.4 Å². The fourth-order valence-corrected chi connectivity index (χ4v) is 9.18. The molecule has 2 bridgehead atoms. The molecule has 3 atom stereocenters. The molecule has 3 aliphatic rings. The molecule has 4 rings (SSSR count). The number of carbonyl (C=O) groups excluding carboxylic acids is 2. The van der Waals surface area contributed by atoms with Gasteiger partial charge in [0.15, 0.2) is 6.10 Å². The first-order valence-corrected chi connectivity index (χ1v) is 12.9. The highest BCUT2D eigenvalue weighted by Crippen LogP contribution is 2.64. The maximum absolute atomic E-state index is 12.9. The summed E-state index contributed by atoms with van der Waals surface area (Å²) in [6.07, 6.45) is 4.15. The maximum atomic E-state index is 12.9. The van der Waals surface area contributed by atoms with E-state index in [1.807, 2.05) is 0 Å². The van der Waals surface area contributed by atoms with Crippen molar-refractivity contribution in [3.05, 3.63) is 33.3 Å². The Balaban J connectivity index is 1.37. The highest BCUT2D eigenvalue weighted by molar-refractivity contribution is 8.21. The van der Waals surface area contributed by atoms with Crippen molar-refractivity contribution in [3.63, 3.8) is 0 Å². The van der Waals surface area contributed by atoms with Gasteiger partial charge in [0.2, 0.25) is 0 Å². The maximum Gasteiger partial charge on any atom is 0.309 e. The summed E-state index contributed by atoms with van der Waals surface area (Å²) in [4.78, 5) is 35.8. The van der Waals surface area contributed by atoms with Gasteiger partial charge in [0, 0.05) is 23.6 Å². The number of hydrogen-bond acceptors (Lipinski definition) is 7. The van der Waals surface area contributed by atoms with Gasteiger partial charge in [-0.15, -0.1) is 23.5 Å². The number of ether oxygens (including phenoxy) is 1. The summed E-state index contributed by atoms with van der Waals surface area (Å²) in [7, 11) is 0. The van der Waals surface area contributed by atoms with E-state index < -0.39 is 16.9 Å². The fourth-order valence-electron chi connectivity index (χ4n) is 5.08. The molecule has 1 aromatic carbocycles. The first-order valence-electron chi connectivity index (χ1n) is 10.5. The molecular weight excluding hydrogens is 460 g/mol. The number of carbonyl (C=O) groups is 2. The number of nitro groups is 1. The van der Waals surface area contributed by atoms with E-state index >= 15 is 0 Å². The summed E-state index contributed by atoms with van der Waals surface area (Å²) in [5, 5.41) is 13.7. The van der Waals surface area contributed by atoms with Crippen LogP contribution < -0.4 is 5.32 Å². The number of benzene rings is 1. The fraction of sp³-hybridized carbons (Fsp3) is 0.619. The molecule has 3 fully saturated rings. The van der Waals surface area contributed by atoms with Gasteiger partial charge in [-0.2, -0.15) is 0 Å². The van der Waals surface area contributed by atoms with Crippen LogP contribution in [0.3, 0.4) is 0 Å². The zero-order valence-electron chi connectivity index (χ0n) is 17.2. The molecule has 2 saturated carbocycles. The standard InChI is InChI=1S/C21H25ClN2O5S2/c1-12(19(25)23-18-11-16(24(27)28)5-6-17(18)22)29-20(26)13-9-14-3-2-4-15(10-13)21(14)30-7-8-31-21/h5-6,11-15H,2-4,7-10H2,1H3,(H,23,25). The third-order valence-corrected chi connectivity index (χ3v) is 10.9. The zero-order valence-corrected chi connectivity index (χ0v) is 19.6. The molecule has 0 radical (unpaired) electrons. The molecule has 10 heteroatoms. The Morgan fingerprint density at radius 1 is 1.26 bits per heavy atom. The SMILES string of the molecule is CC(OC(=O)C1CC2CCCC(C1)C21SCCS1)C(=O)Nc1cc([N+](=O)[O-])ccc1Cl. The smallest absolute Gasteiger partial charge is 0.309 e. The number of non-ortho nitro benzene ring substituents is 1. The van der Waals surface area contributed by atoms with E-state index in [1.54, 1.807) is 0 Å². The van der Waals surface area contributed by atoms with Gasteiger partial charge in [-0.05, 0) is 50.5 Å². The third-order valence-electron chi connectivity index (χ3n) is 6.53. The molecule has 1 N–H and O–H groups in total. The summed E-state index contributed by atoms with van der Waals surface area (Å²) in [6.45, 7) is 1.51. The number of anilines is 1. The molecule has 1 saturated heterocycles. The Hall–Kier alpha value is -1.45. The number of nitrogens with zero attached hydrogens (tertiary/aromatic N) is 1. The Morgan fingerprint density at radius 3 is 2.52 bits per heavy atom. The van der Waals surface area contributed by atoms with Crippen molar-refractivity contribution < 1.29 is 19.2 Å². The lowest BCUT2D eigenvalue weighted by Gasteiger charge is -2.51. The number of thioether (sulfide) groups is 2. The number of hydrogen-bond donors (Lipinski definition) is 1. The molecule has 31 heavy (non-hydrogen) atoms. The zero-order chi connectivity index (χ0) is 22.2. The first kappa shape index (κ1) is 22.7. The molecule has 1 amide bonds. The van der Waals surface area contributed by atoms with Crippen LogP contribution in [0.4, 0.5) is 11.4 Å². The van der Waals surface area contributed by atoms with E-state index in [0.29, 0.717) is 11.8 Å². The van der Waals surface area contributed by atoms with Crippen LogP contribution in [-0.4, -0.2) is 38.5 Å². The van der Waals surface area contributed by atoms with Crippen molar-refractivity contribution in [2.45, 2.75) is 49.2 Å². The second-order valence-electron chi connectivity index (χ2n) is 8.40. The summed E-state index contributed by atoms with van der Waals surface area (Å²) in [5.41, 5.74) is -0.0668. The minimum absolute atomic E-state index is 0.119. The average molecular weight is 485 g/mol. The summed E-state index contributed by atoms with van der Waals surface area (Å²) in [6, 6.07) is 3.80. The predicted molar refractivity (Wildman–Crippen MR) is 123 cm³/mol. The summed E-state index contributed by atoms with van der Waals surface area (Å²) < 4.78 is 5.79. The molecule has 2 aliphatic carbocycles. The topological polar surface area (TPSA) is 98.5 Å². The van der Waals surface area contributed by atoms with Crippen molar-refractivity contribution in [1.82, 2.24) is 0 Å². The largest absolute Gasteiger partial charge is 0.452 e. The number of esters is 1. The Morgan fingerprint density at radius 2 is 1.90 bits per heavy atom. The van der Waals surface area contributed by atoms with Gasteiger partial charge >= 0.3 is 5.97 Å². The van der Waals surface area contributed by atoms with Crippen LogP contribution in [0.25, 0.3) is 0 Å². The Bertz CT molecular complexity index is 877. The first-order chi connectivity index (χ1) is 14.8. The summed E-state index contributed by atoms with van der Waals surface area (Å²) in [5.74, 6) is 2.33. The van der Waals surface area contributed by atoms with E-state index in [9.17, 15) is 19.7 Å². The third kappa shape index (κ3) is 4.54. The minimum Gasteiger partial charge on any atom is -0.452 e. The van der Waals surface area contributed by atoms with Crippen molar-refractivity contribution in [1.29, 1.82) is 0 Å². The van der Waals surface area contributed by atoms with Crippen LogP contribution in [-0.2, 0) is 14.3 Å². The van der Waals surface area contributed by atoms with Crippen molar-refractivity contribution in [2.24, 2.45) is 17.8 Å². The van der Waals surface area contributed by atoms with Gasteiger partial charge in [-0.3, -0.25) is 19.7 Å². The van der Waals surface area contributed by atoms with Gasteiger partial charge in [0.25, 0.3) is 11.6 Å². The van der Waals surface area contributed by atoms with Crippen LogP contribution in [0.2, 0.25) is 5.02 Å². The quantitative estimate of drug-likeness (QED) is 0.351. The van der Waals surface area contributed by atoms with Gasteiger partial charge in [0.05, 0.1) is 25.6 Å². The number of nitrogens with one attached hydrogen (secondary N) is 1. The Kier molecular flexibility index (Phi) is 6.74. The normalized spacial score (nSPS) is 27.5. The van der Waals surface area contributed by atoms with Gasteiger partial charge in [0.1, 0.15) is 0 Å². The molecule has 3 unspecified atom stereocenters. The molecule has 0 aromatic heterocycles. The molecule has 1 aromatic rings. The van der Waals surface area contributed by atoms with E-state index in [-0.39, 0.29) is 32.4 Å². The Labute approximate surface area is 194 Å². The highest BCUT2D eigenvalue weighted by atomic mass is 35.5. The lowest BCUT2D eigenvalue weighted by atomic mass is 9.67. The highest BCUT2D eigenvalue weighted by Gasteiger charge is 2.55. The monoisotopic (exact) mass is 484 g/mol. The molecule has 7 nitrogen and oxygen atoms in total. The predicted octanol–water partition coefficient (Wildman–Crippen LogP) is 5.12. The average Bonchev–Trinajstić information content (AvgIpc) is 3.18. The van der Waals surface area contributed by atoms with Crippen LogP contribution in [0.1, 0.15) is 39.0 Å². The van der Waals surface area contributed by atoms with E-state index in [0.717, 1.165) is 25.7 Å². The van der Waals surface area contributed by atoms with E-state index in [2.05, 4.69) is 28.8 Å². The second-order valence-corrected chi connectivity index (χ2v) is 11.8. The van der Waals surface area contributed by atoms with Gasteiger partial charge in [-0.1, -0.05) is 18.0 Å². The lowest BCUT2D eigenvalue weighted by molar-refractivity contribution is -0.384. The van der Waals surface area contributed by atoms with Crippen LogP contribution in [0.5, 0.6) is 0 Å². The number of nitro benzene ring substituents is 1. The number of amides is 1. The van der Waals surface area contributed by atoms with Crippen LogP contribution in [0, 0.1) is 27.9 Å². The van der Waals surface area contributed by atoms with Crippen LogP contribution in [0.15, 0.2) is 18.2 Å². The van der Waals surface area contributed by atoms with Gasteiger partial charge < -0.3 is 10.1 Å². The molecule has 1 aliphatic heterocycles. The number of rotatable bonds is 5. The molecule has 1 heterocycles. The second kappa shape index (κ2) is 9.19. The molecule has 1 spiro atoms. The lowest BCUT2D eigenvalue weighted by Crippen LogP contribution is -2.48. The molecule has 168 valence electrons. The number of halogens is 1. The van der Waals surface area contributed by atoms with Crippen molar-refractivity contribution in [3.8, 4) is 0 Å². The van der Waals surface area contributed by atoms with E-state index in [1.165, 1.54) is 43.0 Å². The molecular formula is C21H25ClN2O5S2. The van der Waals surface area contributed by atoms with Gasteiger partial charge in [-0.25, -0.2) is 0 Å². The van der Waals surface area contributed by atoms with Crippen LogP contribution >= 0.6 is 35.1 Å².